The minimum Gasteiger partial charge on any atom is -0.434 e. The van der Waals surface area contributed by atoms with Gasteiger partial charge in [-0.2, -0.15) is 9.49 Å². The van der Waals surface area contributed by atoms with Crippen molar-refractivity contribution in [3.05, 3.63) is 45.1 Å². The highest BCUT2D eigenvalue weighted by Crippen LogP contribution is 2.31. The topological polar surface area (TPSA) is 84.9 Å². The number of nitrogens with one attached hydrogen (secondary N) is 1. The van der Waals surface area contributed by atoms with Gasteiger partial charge in [-0.3, -0.25) is 5.41 Å². The summed E-state index contributed by atoms with van der Waals surface area (Å²) in [5.41, 5.74) is 6.84. The van der Waals surface area contributed by atoms with E-state index in [1.807, 2.05) is 0 Å². The quantitative estimate of drug-likeness (QED) is 0.502. The Hall–Kier alpha value is -2.09. The summed E-state index contributed by atoms with van der Waals surface area (Å²) in [6.07, 6.45) is 0. The monoisotopic (exact) mass is 356 g/mol. The molecule has 0 aliphatic heterocycles. The number of aryl methyl sites for hydroxylation is 1. The molecule has 3 N–H and O–H groups in total. The normalized spacial score (nSPS) is 10.5. The molecule has 0 fully saturated rings. The molecular formula is C13H11BrF2N4O. The van der Waals surface area contributed by atoms with Crippen LogP contribution in [0, 0.1) is 30.9 Å². The highest BCUT2D eigenvalue weighted by atomic mass is 79.9. The molecule has 1 aromatic heterocycles. The minimum atomic E-state index is -1.16. The predicted octanol–water partition coefficient (Wildman–Crippen LogP) is 3.21. The molecular weight excluding hydrogens is 346 g/mol. The fraction of sp³-hybridized carbons (Fsp3) is 0.154. The molecule has 110 valence electrons. The first-order valence-corrected chi connectivity index (χ1v) is 6.61. The van der Waals surface area contributed by atoms with E-state index in [-0.39, 0.29) is 23.0 Å². The van der Waals surface area contributed by atoms with Gasteiger partial charge in [0.15, 0.2) is 11.6 Å². The highest BCUT2D eigenvalue weighted by Gasteiger charge is 2.19. The molecule has 0 aliphatic carbocycles. The number of nitrogen functional groups attached to an aromatic ring is 1. The molecule has 0 bridgehead atoms. The number of amidine groups is 1. The van der Waals surface area contributed by atoms with Crippen molar-refractivity contribution in [1.82, 2.24) is 10.2 Å². The number of aromatic nitrogens is 2. The maximum Gasteiger partial charge on any atom is 0.250 e. The lowest BCUT2D eigenvalue weighted by atomic mass is 10.1. The van der Waals surface area contributed by atoms with Crippen LogP contribution in [0.2, 0.25) is 0 Å². The first kappa shape index (κ1) is 15.3. The lowest BCUT2D eigenvalue weighted by molar-refractivity contribution is 0.399. The Morgan fingerprint density at radius 1 is 1.29 bits per heavy atom. The summed E-state index contributed by atoms with van der Waals surface area (Å²) in [6, 6.07) is 2.22. The maximum atomic E-state index is 13.7. The Morgan fingerprint density at radius 2 is 1.95 bits per heavy atom. The second kappa shape index (κ2) is 5.72. The van der Waals surface area contributed by atoms with Gasteiger partial charge in [0, 0.05) is 4.47 Å². The third-order valence-corrected chi connectivity index (χ3v) is 3.32. The average Bonchev–Trinajstić information content (AvgIpc) is 2.39. The predicted molar refractivity (Wildman–Crippen MR) is 76.7 cm³/mol. The summed E-state index contributed by atoms with van der Waals surface area (Å²) in [4.78, 5) is 0. The van der Waals surface area contributed by atoms with E-state index in [1.54, 1.807) is 13.8 Å². The number of benzene rings is 1. The number of hydrogen-bond acceptors (Lipinski definition) is 4. The molecule has 0 atom stereocenters. The Labute approximate surface area is 127 Å². The van der Waals surface area contributed by atoms with Crippen LogP contribution in [-0.4, -0.2) is 16.0 Å². The number of nitrogens with two attached hydrogens (primary N) is 1. The van der Waals surface area contributed by atoms with Crippen LogP contribution in [0.5, 0.6) is 11.6 Å². The van der Waals surface area contributed by atoms with Gasteiger partial charge in [-0.1, -0.05) is 15.9 Å². The molecule has 0 radical (unpaired) electrons. The smallest absolute Gasteiger partial charge is 0.250 e. The second-order valence-electron chi connectivity index (χ2n) is 4.31. The van der Waals surface area contributed by atoms with Crippen LogP contribution in [0.3, 0.4) is 0 Å². The fourth-order valence-electron chi connectivity index (χ4n) is 1.69. The van der Waals surface area contributed by atoms with Crippen molar-refractivity contribution in [3.63, 3.8) is 0 Å². The molecule has 1 aromatic carbocycles. The van der Waals surface area contributed by atoms with E-state index in [9.17, 15) is 8.78 Å². The fourth-order valence-corrected chi connectivity index (χ4v) is 2.10. The molecule has 2 rings (SSSR count). The van der Waals surface area contributed by atoms with Gasteiger partial charge >= 0.3 is 0 Å². The van der Waals surface area contributed by atoms with Gasteiger partial charge in [-0.25, -0.2) is 4.39 Å². The van der Waals surface area contributed by atoms with Crippen LogP contribution >= 0.6 is 15.9 Å². The van der Waals surface area contributed by atoms with E-state index in [0.29, 0.717) is 15.7 Å². The van der Waals surface area contributed by atoms with Crippen molar-refractivity contribution in [2.45, 2.75) is 13.8 Å². The number of nitrogens with zero attached hydrogens (tertiary/aromatic N) is 2. The van der Waals surface area contributed by atoms with Gasteiger partial charge < -0.3 is 10.5 Å². The van der Waals surface area contributed by atoms with Crippen molar-refractivity contribution < 1.29 is 13.5 Å². The number of halogens is 3. The summed E-state index contributed by atoms with van der Waals surface area (Å²) in [6.45, 7) is 3.38. The van der Waals surface area contributed by atoms with Gasteiger partial charge in [0.1, 0.15) is 5.84 Å². The molecule has 0 unspecified atom stereocenters. The van der Waals surface area contributed by atoms with E-state index in [0.717, 1.165) is 6.07 Å². The molecule has 21 heavy (non-hydrogen) atoms. The van der Waals surface area contributed by atoms with E-state index < -0.39 is 11.6 Å². The molecule has 8 heteroatoms. The first-order chi connectivity index (χ1) is 9.81. The minimum absolute atomic E-state index is 0.151. The molecule has 0 spiro atoms. The van der Waals surface area contributed by atoms with Gasteiger partial charge in [-0.05, 0) is 31.5 Å². The van der Waals surface area contributed by atoms with Crippen molar-refractivity contribution in [1.29, 1.82) is 5.41 Å². The highest BCUT2D eigenvalue weighted by molar-refractivity contribution is 9.10. The van der Waals surface area contributed by atoms with Crippen LogP contribution in [0.1, 0.15) is 16.8 Å². The van der Waals surface area contributed by atoms with Gasteiger partial charge in [0.2, 0.25) is 11.7 Å². The standard InChI is InChI=1S/C13H11BrF2N4O/c1-5-6(2)19-20-13(10(5)12(17)18)21-9-4-7(14)3-8(15)11(9)16/h3-4H,1-2H3,(H3,17,18). The molecule has 1 heterocycles. The molecule has 0 amide bonds. The summed E-state index contributed by atoms with van der Waals surface area (Å²) in [5.74, 6) is -3.05. The van der Waals surface area contributed by atoms with Crippen molar-refractivity contribution >= 4 is 21.8 Å². The van der Waals surface area contributed by atoms with E-state index in [1.165, 1.54) is 6.07 Å². The van der Waals surface area contributed by atoms with E-state index >= 15 is 0 Å². The van der Waals surface area contributed by atoms with Gasteiger partial charge in [0.25, 0.3) is 0 Å². The summed E-state index contributed by atoms with van der Waals surface area (Å²) >= 11 is 3.04. The zero-order chi connectivity index (χ0) is 15.7. The largest absolute Gasteiger partial charge is 0.434 e. The Kier molecular flexibility index (Phi) is 4.17. The molecule has 0 saturated carbocycles. The first-order valence-electron chi connectivity index (χ1n) is 5.82. The van der Waals surface area contributed by atoms with Crippen molar-refractivity contribution in [2.24, 2.45) is 5.73 Å². The lowest BCUT2D eigenvalue weighted by Gasteiger charge is -2.13. The molecule has 5 nitrogen and oxygen atoms in total. The van der Waals surface area contributed by atoms with Crippen LogP contribution in [0.15, 0.2) is 16.6 Å². The molecule has 0 aliphatic rings. The summed E-state index contributed by atoms with van der Waals surface area (Å²) < 4.78 is 32.6. The Morgan fingerprint density at radius 3 is 2.57 bits per heavy atom. The average molecular weight is 357 g/mol. The SMILES string of the molecule is Cc1nnc(Oc2cc(Br)cc(F)c2F)c(C(=N)N)c1C. The third kappa shape index (κ3) is 2.99. The van der Waals surface area contributed by atoms with Crippen LogP contribution in [0.25, 0.3) is 0 Å². The number of ether oxygens (including phenoxy) is 1. The van der Waals surface area contributed by atoms with E-state index in [2.05, 4.69) is 26.1 Å². The summed E-state index contributed by atoms with van der Waals surface area (Å²) in [7, 11) is 0. The van der Waals surface area contributed by atoms with E-state index in [4.69, 9.17) is 15.9 Å². The van der Waals surface area contributed by atoms with Gasteiger partial charge in [0.05, 0.1) is 11.3 Å². The molecule has 2 aromatic rings. The Balaban J connectivity index is 2.55. The van der Waals surface area contributed by atoms with Crippen LogP contribution in [-0.2, 0) is 0 Å². The van der Waals surface area contributed by atoms with Crippen molar-refractivity contribution in [2.75, 3.05) is 0 Å². The third-order valence-electron chi connectivity index (χ3n) is 2.86. The molecule has 0 saturated heterocycles. The van der Waals surface area contributed by atoms with Crippen LogP contribution < -0.4 is 10.5 Å². The summed E-state index contributed by atoms with van der Waals surface area (Å²) in [5, 5.41) is 15.2. The Bertz CT molecular complexity index is 737. The number of rotatable bonds is 3. The number of hydrogen-bond donors (Lipinski definition) is 2. The second-order valence-corrected chi connectivity index (χ2v) is 5.22. The van der Waals surface area contributed by atoms with Crippen molar-refractivity contribution in [3.8, 4) is 11.6 Å². The van der Waals surface area contributed by atoms with Gasteiger partial charge in [-0.15, -0.1) is 5.10 Å². The zero-order valence-electron chi connectivity index (χ0n) is 11.2. The lowest BCUT2D eigenvalue weighted by Crippen LogP contribution is -2.17. The zero-order valence-corrected chi connectivity index (χ0v) is 12.8. The maximum absolute atomic E-state index is 13.7. The van der Waals surface area contributed by atoms with Crippen LogP contribution in [0.4, 0.5) is 8.78 Å².